The molecule has 0 aromatic carbocycles. The Kier molecular flexibility index (Phi) is 4.98. The molecule has 0 aliphatic rings. The van der Waals surface area contributed by atoms with Gasteiger partial charge in [0, 0.05) is 25.4 Å². The Bertz CT molecular complexity index is 482. The number of pyridine rings is 1. The molecule has 0 fully saturated rings. The van der Waals surface area contributed by atoms with E-state index in [-0.39, 0.29) is 0 Å². The van der Waals surface area contributed by atoms with Crippen LogP contribution < -0.4 is 10.2 Å². The first kappa shape index (κ1) is 13.6. The molecular weight excluding hydrogens is 238 g/mol. The molecule has 0 atom stereocenters. The fourth-order valence-electron chi connectivity index (χ4n) is 2.02. The summed E-state index contributed by atoms with van der Waals surface area (Å²) in [6, 6.07) is 7.98. The van der Waals surface area contributed by atoms with Crippen LogP contribution >= 0.6 is 0 Å². The summed E-state index contributed by atoms with van der Waals surface area (Å²) in [5.41, 5.74) is 1.21. The van der Waals surface area contributed by atoms with Crippen LogP contribution in [-0.2, 0) is 13.1 Å². The third-order valence-corrected chi connectivity index (χ3v) is 2.94. The van der Waals surface area contributed by atoms with Crippen molar-refractivity contribution in [3.8, 4) is 0 Å². The third-order valence-electron chi connectivity index (χ3n) is 2.94. The summed E-state index contributed by atoms with van der Waals surface area (Å²) >= 11 is 0. The highest BCUT2D eigenvalue weighted by molar-refractivity contribution is 5.46. The topological polar surface area (TPSA) is 41.3 Å². The van der Waals surface area contributed by atoms with Gasteiger partial charge in [-0.15, -0.1) is 0 Å². The van der Waals surface area contributed by atoms with Crippen LogP contribution in [0.25, 0.3) is 0 Å². The van der Waals surface area contributed by atoms with Crippen molar-refractivity contribution in [3.63, 3.8) is 0 Å². The fraction of sp³-hybridized carbons (Fsp3) is 0.400. The van der Waals surface area contributed by atoms with Crippen LogP contribution in [0.1, 0.15) is 24.7 Å². The molecule has 2 aromatic heterocycles. The van der Waals surface area contributed by atoms with Crippen LogP contribution in [0, 0.1) is 0 Å². The van der Waals surface area contributed by atoms with E-state index in [1.165, 1.54) is 5.56 Å². The second-order valence-corrected chi connectivity index (χ2v) is 4.60. The van der Waals surface area contributed by atoms with E-state index in [1.54, 1.807) is 6.26 Å². The molecule has 0 unspecified atom stereocenters. The second-order valence-electron chi connectivity index (χ2n) is 4.60. The largest absolute Gasteiger partial charge is 0.467 e. The molecule has 1 N–H and O–H groups in total. The Hall–Kier alpha value is -1.81. The highest BCUT2D eigenvalue weighted by Gasteiger charge is 2.09. The van der Waals surface area contributed by atoms with Gasteiger partial charge in [0.2, 0.25) is 0 Å². The van der Waals surface area contributed by atoms with Gasteiger partial charge in [-0.05, 0) is 31.2 Å². The predicted molar refractivity (Wildman–Crippen MR) is 77.0 cm³/mol. The maximum absolute atomic E-state index is 5.38. The van der Waals surface area contributed by atoms with Crippen LogP contribution in [0.15, 0.2) is 41.1 Å². The smallest absolute Gasteiger partial charge is 0.133 e. The van der Waals surface area contributed by atoms with E-state index in [0.29, 0.717) is 0 Å². The molecular formula is C15H21N3O. The van der Waals surface area contributed by atoms with Crippen molar-refractivity contribution < 1.29 is 4.42 Å². The molecule has 4 nitrogen and oxygen atoms in total. The average molecular weight is 259 g/mol. The van der Waals surface area contributed by atoms with Gasteiger partial charge in [-0.1, -0.05) is 13.0 Å². The van der Waals surface area contributed by atoms with E-state index in [1.807, 2.05) is 31.4 Å². The van der Waals surface area contributed by atoms with Crippen LogP contribution in [-0.4, -0.2) is 18.6 Å². The Morgan fingerprint density at radius 3 is 2.95 bits per heavy atom. The van der Waals surface area contributed by atoms with Gasteiger partial charge in [0.15, 0.2) is 0 Å². The number of aromatic nitrogens is 1. The number of rotatable bonds is 7. The zero-order valence-electron chi connectivity index (χ0n) is 11.6. The summed E-state index contributed by atoms with van der Waals surface area (Å²) in [5, 5.41) is 3.42. The van der Waals surface area contributed by atoms with E-state index in [0.717, 1.165) is 37.6 Å². The number of nitrogens with zero attached hydrogens (tertiary/aromatic N) is 2. The number of hydrogen-bond acceptors (Lipinski definition) is 4. The molecule has 4 heteroatoms. The van der Waals surface area contributed by atoms with E-state index < -0.39 is 0 Å². The van der Waals surface area contributed by atoms with Gasteiger partial charge in [-0.2, -0.15) is 0 Å². The van der Waals surface area contributed by atoms with Crippen LogP contribution in [0.5, 0.6) is 0 Å². The minimum atomic E-state index is 0.727. The molecule has 0 bridgehead atoms. The lowest BCUT2D eigenvalue weighted by molar-refractivity contribution is 0.506. The Morgan fingerprint density at radius 1 is 1.32 bits per heavy atom. The normalized spacial score (nSPS) is 10.6. The zero-order chi connectivity index (χ0) is 13.5. The van der Waals surface area contributed by atoms with Crippen molar-refractivity contribution in [1.82, 2.24) is 10.3 Å². The lowest BCUT2D eigenvalue weighted by atomic mass is 10.2. The maximum Gasteiger partial charge on any atom is 0.133 e. The van der Waals surface area contributed by atoms with Crippen molar-refractivity contribution in [2.24, 2.45) is 0 Å². The fourth-order valence-corrected chi connectivity index (χ4v) is 2.02. The minimum absolute atomic E-state index is 0.727. The van der Waals surface area contributed by atoms with Gasteiger partial charge >= 0.3 is 0 Å². The number of hydrogen-bond donors (Lipinski definition) is 1. The second kappa shape index (κ2) is 6.95. The number of nitrogens with one attached hydrogen (secondary N) is 1. The molecule has 0 aliphatic carbocycles. The standard InChI is InChI=1S/C15H21N3O/c1-3-8-16-11-13-6-4-9-17-15(13)18(2)12-14-7-5-10-19-14/h4-7,9-10,16H,3,8,11-12H2,1-2H3. The van der Waals surface area contributed by atoms with Gasteiger partial charge < -0.3 is 14.6 Å². The lowest BCUT2D eigenvalue weighted by Crippen LogP contribution is -2.22. The predicted octanol–water partition coefficient (Wildman–Crippen LogP) is 2.81. The zero-order valence-corrected chi connectivity index (χ0v) is 11.6. The molecule has 0 saturated heterocycles. The first-order valence-corrected chi connectivity index (χ1v) is 6.69. The van der Waals surface area contributed by atoms with Crippen LogP contribution in [0.3, 0.4) is 0 Å². The average Bonchev–Trinajstić information content (AvgIpc) is 2.92. The molecule has 2 heterocycles. The van der Waals surface area contributed by atoms with Crippen molar-refractivity contribution in [2.45, 2.75) is 26.4 Å². The molecule has 0 saturated carbocycles. The monoisotopic (exact) mass is 259 g/mol. The van der Waals surface area contributed by atoms with Crippen LogP contribution in [0.4, 0.5) is 5.82 Å². The summed E-state index contributed by atoms with van der Waals surface area (Å²) < 4.78 is 5.38. The molecule has 0 spiro atoms. The molecule has 2 rings (SSSR count). The SMILES string of the molecule is CCCNCc1cccnc1N(C)Cc1ccco1. The Morgan fingerprint density at radius 2 is 2.21 bits per heavy atom. The highest BCUT2D eigenvalue weighted by atomic mass is 16.3. The van der Waals surface area contributed by atoms with Gasteiger partial charge in [0.25, 0.3) is 0 Å². The summed E-state index contributed by atoms with van der Waals surface area (Å²) in [7, 11) is 2.04. The number of anilines is 1. The first-order valence-electron chi connectivity index (χ1n) is 6.69. The lowest BCUT2D eigenvalue weighted by Gasteiger charge is -2.20. The van der Waals surface area contributed by atoms with Crippen molar-refractivity contribution in [2.75, 3.05) is 18.5 Å². The third kappa shape index (κ3) is 3.83. The molecule has 19 heavy (non-hydrogen) atoms. The summed E-state index contributed by atoms with van der Waals surface area (Å²) in [4.78, 5) is 6.60. The van der Waals surface area contributed by atoms with Crippen LogP contribution in [0.2, 0.25) is 0 Å². The molecule has 0 radical (unpaired) electrons. The molecule has 0 amide bonds. The highest BCUT2D eigenvalue weighted by Crippen LogP contribution is 2.18. The molecule has 102 valence electrons. The van der Waals surface area contributed by atoms with Gasteiger partial charge in [-0.3, -0.25) is 0 Å². The van der Waals surface area contributed by atoms with E-state index in [4.69, 9.17) is 4.42 Å². The first-order chi connectivity index (χ1) is 9.31. The number of furan rings is 1. The van der Waals surface area contributed by atoms with Gasteiger partial charge in [0.05, 0.1) is 12.8 Å². The molecule has 0 aliphatic heterocycles. The van der Waals surface area contributed by atoms with E-state index in [9.17, 15) is 0 Å². The summed E-state index contributed by atoms with van der Waals surface area (Å²) in [5.74, 6) is 1.95. The van der Waals surface area contributed by atoms with Crippen molar-refractivity contribution in [3.05, 3.63) is 48.0 Å². The Labute approximate surface area is 114 Å². The van der Waals surface area contributed by atoms with Gasteiger partial charge in [-0.25, -0.2) is 4.98 Å². The van der Waals surface area contributed by atoms with E-state index in [2.05, 4.69) is 28.2 Å². The van der Waals surface area contributed by atoms with Crippen molar-refractivity contribution >= 4 is 5.82 Å². The quantitative estimate of drug-likeness (QED) is 0.776. The maximum atomic E-state index is 5.38. The minimum Gasteiger partial charge on any atom is -0.467 e. The summed E-state index contributed by atoms with van der Waals surface area (Å²) in [6.07, 6.45) is 4.67. The summed E-state index contributed by atoms with van der Waals surface area (Å²) in [6.45, 7) is 4.76. The molecule has 2 aromatic rings. The van der Waals surface area contributed by atoms with Crippen molar-refractivity contribution in [1.29, 1.82) is 0 Å². The van der Waals surface area contributed by atoms with E-state index >= 15 is 0 Å². The Balaban J connectivity index is 2.05. The van der Waals surface area contributed by atoms with Gasteiger partial charge in [0.1, 0.15) is 11.6 Å².